The largest absolute Gasteiger partial charge is 0.444 e. The standard InChI is InChI=1S/C15H19ClN2O3/c1-14(2,3)21-13(20)18-12-7-6-10(8-11(12)16)15(4,5)17-9-19/h6-8H,1-5H3,(H,18,20). The van der Waals surface area contributed by atoms with Crippen LogP contribution in [0.5, 0.6) is 0 Å². The van der Waals surface area contributed by atoms with Crippen molar-refractivity contribution in [2.24, 2.45) is 4.99 Å². The molecule has 0 bridgehead atoms. The van der Waals surface area contributed by atoms with E-state index in [0.29, 0.717) is 10.7 Å². The summed E-state index contributed by atoms with van der Waals surface area (Å²) in [6, 6.07) is 5.03. The molecule has 21 heavy (non-hydrogen) atoms. The van der Waals surface area contributed by atoms with Crippen LogP contribution in [0.15, 0.2) is 23.2 Å². The van der Waals surface area contributed by atoms with E-state index in [1.54, 1.807) is 58.9 Å². The van der Waals surface area contributed by atoms with Crippen LogP contribution in [0.1, 0.15) is 40.2 Å². The summed E-state index contributed by atoms with van der Waals surface area (Å²) >= 11 is 6.14. The number of hydrogen-bond acceptors (Lipinski definition) is 4. The summed E-state index contributed by atoms with van der Waals surface area (Å²) in [6.07, 6.45) is 0.959. The van der Waals surface area contributed by atoms with Crippen molar-refractivity contribution in [1.82, 2.24) is 0 Å². The van der Waals surface area contributed by atoms with Crippen molar-refractivity contribution in [2.45, 2.75) is 45.8 Å². The van der Waals surface area contributed by atoms with Gasteiger partial charge in [-0.3, -0.25) is 5.32 Å². The number of hydrogen-bond donors (Lipinski definition) is 1. The van der Waals surface area contributed by atoms with Crippen molar-refractivity contribution >= 4 is 29.5 Å². The molecular weight excluding hydrogens is 292 g/mol. The quantitative estimate of drug-likeness (QED) is 0.670. The molecule has 6 heteroatoms. The molecule has 0 radical (unpaired) electrons. The second-order valence-corrected chi connectivity index (χ2v) is 6.49. The van der Waals surface area contributed by atoms with E-state index in [1.807, 2.05) is 0 Å². The van der Waals surface area contributed by atoms with E-state index in [0.717, 1.165) is 5.56 Å². The van der Waals surface area contributed by atoms with Crippen molar-refractivity contribution < 1.29 is 14.3 Å². The summed E-state index contributed by atoms with van der Waals surface area (Å²) in [5, 5.41) is 2.92. The number of anilines is 1. The Hall–Kier alpha value is -1.84. The number of carbonyl (C=O) groups excluding carboxylic acids is 2. The van der Waals surface area contributed by atoms with Gasteiger partial charge in [-0.25, -0.2) is 9.59 Å². The number of isocyanates is 1. The molecule has 0 fully saturated rings. The molecule has 0 aromatic heterocycles. The van der Waals surface area contributed by atoms with Crippen LogP contribution in [-0.2, 0) is 15.1 Å². The van der Waals surface area contributed by atoms with Gasteiger partial charge in [-0.1, -0.05) is 17.7 Å². The highest BCUT2D eigenvalue weighted by Gasteiger charge is 2.21. The summed E-state index contributed by atoms with van der Waals surface area (Å²) in [4.78, 5) is 25.9. The molecule has 5 nitrogen and oxygen atoms in total. The molecule has 1 rings (SSSR count). The average molecular weight is 311 g/mol. The fourth-order valence-corrected chi connectivity index (χ4v) is 1.82. The molecule has 0 aliphatic rings. The lowest BCUT2D eigenvalue weighted by Crippen LogP contribution is -2.27. The van der Waals surface area contributed by atoms with Crippen LogP contribution >= 0.6 is 11.6 Å². The van der Waals surface area contributed by atoms with Crippen LogP contribution < -0.4 is 5.32 Å². The minimum atomic E-state index is -0.726. The summed E-state index contributed by atoms with van der Waals surface area (Å²) in [5.74, 6) is 0. The van der Waals surface area contributed by atoms with E-state index in [4.69, 9.17) is 16.3 Å². The van der Waals surface area contributed by atoms with Gasteiger partial charge in [-0.15, -0.1) is 0 Å². The van der Waals surface area contributed by atoms with E-state index >= 15 is 0 Å². The number of nitrogens with zero attached hydrogens (tertiary/aromatic N) is 1. The Morgan fingerprint density at radius 2 is 1.90 bits per heavy atom. The van der Waals surface area contributed by atoms with Gasteiger partial charge in [0.1, 0.15) is 5.60 Å². The Morgan fingerprint density at radius 1 is 1.29 bits per heavy atom. The molecule has 0 heterocycles. The molecule has 1 aromatic rings. The first-order valence-corrected chi connectivity index (χ1v) is 6.82. The number of ether oxygens (including phenoxy) is 1. The van der Waals surface area contributed by atoms with E-state index in [9.17, 15) is 9.59 Å². The van der Waals surface area contributed by atoms with Crippen molar-refractivity contribution in [3.8, 4) is 0 Å². The molecule has 114 valence electrons. The highest BCUT2D eigenvalue weighted by atomic mass is 35.5. The van der Waals surface area contributed by atoms with Crippen LogP contribution in [0.3, 0.4) is 0 Å². The normalized spacial score (nSPS) is 11.5. The van der Waals surface area contributed by atoms with E-state index in [1.165, 1.54) is 0 Å². The number of amides is 1. The maximum absolute atomic E-state index is 11.7. The third-order valence-electron chi connectivity index (χ3n) is 2.64. The van der Waals surface area contributed by atoms with Gasteiger partial charge in [0.05, 0.1) is 16.2 Å². The van der Waals surface area contributed by atoms with Crippen LogP contribution in [0.4, 0.5) is 10.5 Å². The van der Waals surface area contributed by atoms with E-state index in [2.05, 4.69) is 10.3 Å². The Kier molecular flexibility index (Phi) is 5.15. The zero-order valence-corrected chi connectivity index (χ0v) is 13.5. The molecule has 0 unspecified atom stereocenters. The topological polar surface area (TPSA) is 67.8 Å². The summed E-state index contributed by atoms with van der Waals surface area (Å²) < 4.78 is 5.15. The van der Waals surface area contributed by atoms with Gasteiger partial charge < -0.3 is 4.74 Å². The molecule has 1 N–H and O–H groups in total. The third-order valence-corrected chi connectivity index (χ3v) is 2.95. The summed E-state index contributed by atoms with van der Waals surface area (Å²) in [5.41, 5.74) is -0.140. The molecule has 0 atom stereocenters. The highest BCUT2D eigenvalue weighted by molar-refractivity contribution is 6.33. The molecule has 0 saturated heterocycles. The smallest absolute Gasteiger partial charge is 0.412 e. The fourth-order valence-electron chi connectivity index (χ4n) is 1.59. The van der Waals surface area contributed by atoms with Crippen LogP contribution in [0, 0.1) is 0 Å². The second-order valence-electron chi connectivity index (χ2n) is 6.08. The van der Waals surface area contributed by atoms with Crippen LogP contribution in [0.25, 0.3) is 0 Å². The lowest BCUT2D eigenvalue weighted by Gasteiger charge is -2.21. The maximum Gasteiger partial charge on any atom is 0.412 e. The first-order valence-electron chi connectivity index (χ1n) is 6.44. The predicted octanol–water partition coefficient (Wildman–Crippen LogP) is 4.26. The molecule has 0 saturated carbocycles. The fraction of sp³-hybridized carbons (Fsp3) is 0.467. The second kappa shape index (κ2) is 6.29. The number of aliphatic imine (C=N–C) groups is 1. The van der Waals surface area contributed by atoms with Gasteiger partial charge in [0.25, 0.3) is 0 Å². The van der Waals surface area contributed by atoms with Gasteiger partial charge in [0.15, 0.2) is 0 Å². The Morgan fingerprint density at radius 3 is 2.38 bits per heavy atom. The van der Waals surface area contributed by atoms with E-state index < -0.39 is 17.2 Å². The number of nitrogens with one attached hydrogen (secondary N) is 1. The molecule has 0 spiro atoms. The van der Waals surface area contributed by atoms with Gasteiger partial charge in [-0.2, -0.15) is 4.99 Å². The van der Waals surface area contributed by atoms with E-state index in [-0.39, 0.29) is 0 Å². The minimum Gasteiger partial charge on any atom is -0.444 e. The molecule has 0 aliphatic heterocycles. The molecule has 0 aliphatic carbocycles. The number of benzene rings is 1. The van der Waals surface area contributed by atoms with Gasteiger partial charge in [-0.05, 0) is 52.3 Å². The number of halogens is 1. The first-order chi connectivity index (χ1) is 9.55. The van der Waals surface area contributed by atoms with Crippen molar-refractivity contribution in [3.05, 3.63) is 28.8 Å². The summed E-state index contributed by atoms with van der Waals surface area (Å²) in [6.45, 7) is 8.86. The number of rotatable bonds is 3. The van der Waals surface area contributed by atoms with Gasteiger partial charge in [0.2, 0.25) is 6.08 Å². The predicted molar refractivity (Wildman–Crippen MR) is 82.5 cm³/mol. The van der Waals surface area contributed by atoms with Gasteiger partial charge in [0, 0.05) is 0 Å². The first kappa shape index (κ1) is 17.2. The van der Waals surface area contributed by atoms with Gasteiger partial charge >= 0.3 is 6.09 Å². The average Bonchev–Trinajstić information content (AvgIpc) is 2.29. The summed E-state index contributed by atoms with van der Waals surface area (Å²) in [7, 11) is 0. The van der Waals surface area contributed by atoms with Crippen molar-refractivity contribution in [3.63, 3.8) is 0 Å². The number of carbonyl (C=O) groups is 1. The van der Waals surface area contributed by atoms with Crippen molar-refractivity contribution in [1.29, 1.82) is 0 Å². The molecule has 1 amide bonds. The lowest BCUT2D eigenvalue weighted by atomic mass is 9.95. The van der Waals surface area contributed by atoms with Crippen LogP contribution in [0.2, 0.25) is 5.02 Å². The Bertz CT molecular complexity index is 585. The highest BCUT2D eigenvalue weighted by Crippen LogP contribution is 2.31. The molecular formula is C15H19ClN2O3. The Labute approximate surface area is 129 Å². The van der Waals surface area contributed by atoms with Crippen molar-refractivity contribution in [2.75, 3.05) is 5.32 Å². The minimum absolute atomic E-state index is 0.340. The Balaban J connectivity index is 2.94. The molecule has 1 aromatic carbocycles. The zero-order chi connectivity index (χ0) is 16.3. The zero-order valence-electron chi connectivity index (χ0n) is 12.8. The van der Waals surface area contributed by atoms with Crippen LogP contribution in [-0.4, -0.2) is 17.8 Å². The third kappa shape index (κ3) is 5.21. The maximum atomic E-state index is 11.7. The monoisotopic (exact) mass is 310 g/mol. The SMILES string of the molecule is CC(C)(C)OC(=O)Nc1ccc(C(C)(C)N=C=O)cc1Cl. The lowest BCUT2D eigenvalue weighted by molar-refractivity contribution is 0.0636.